The van der Waals surface area contributed by atoms with E-state index >= 15 is 0 Å². The Morgan fingerprint density at radius 1 is 1.28 bits per heavy atom. The predicted octanol–water partition coefficient (Wildman–Crippen LogP) is 1.97. The molecule has 0 unspecified atom stereocenters. The van der Waals surface area contributed by atoms with E-state index < -0.39 is 0 Å². The molecule has 1 N–H and O–H groups in total. The second-order valence-electron chi connectivity index (χ2n) is 4.40. The molecule has 0 aliphatic carbocycles. The first-order chi connectivity index (χ1) is 8.88. The van der Waals surface area contributed by atoms with Crippen LogP contribution in [0.3, 0.4) is 0 Å². The summed E-state index contributed by atoms with van der Waals surface area (Å²) >= 11 is 2.05. The van der Waals surface area contributed by atoms with Gasteiger partial charge in [-0.1, -0.05) is 24.0 Å². The van der Waals surface area contributed by atoms with Crippen LogP contribution in [0.5, 0.6) is 0 Å². The van der Waals surface area contributed by atoms with Gasteiger partial charge >= 0.3 is 0 Å². The summed E-state index contributed by atoms with van der Waals surface area (Å²) in [6, 6.07) is 8.32. The molecule has 1 aliphatic rings. The second-order valence-corrected chi connectivity index (χ2v) is 5.63. The molecule has 1 heterocycles. The highest BCUT2D eigenvalue weighted by atomic mass is 32.2. The van der Waals surface area contributed by atoms with Crippen molar-refractivity contribution in [3.05, 3.63) is 35.4 Å². The maximum atomic E-state index is 8.71. The molecule has 96 valence electrons. The molecular weight excluding hydrogens is 242 g/mol. The summed E-state index contributed by atoms with van der Waals surface area (Å²) < 4.78 is 0. The van der Waals surface area contributed by atoms with Crippen molar-refractivity contribution < 1.29 is 5.11 Å². The Bertz CT molecular complexity index is 428. The normalized spacial score (nSPS) is 16.7. The first-order valence-corrected chi connectivity index (χ1v) is 7.53. The molecule has 0 spiro atoms. The fourth-order valence-corrected chi connectivity index (χ4v) is 3.03. The standard InChI is InChI=1S/C15H19NOS/c17-9-2-6-14-4-1-5-15(12-14)13-16-7-3-10-18-11-8-16/h1,4-5,12,17H,3,7-11,13H2. The lowest BCUT2D eigenvalue weighted by molar-refractivity contribution is 0.287. The Labute approximate surface area is 113 Å². The van der Waals surface area contributed by atoms with Gasteiger partial charge in [0.2, 0.25) is 0 Å². The lowest BCUT2D eigenvalue weighted by Gasteiger charge is -2.19. The van der Waals surface area contributed by atoms with E-state index in [1.54, 1.807) is 0 Å². The number of hydrogen-bond acceptors (Lipinski definition) is 3. The quantitative estimate of drug-likeness (QED) is 0.823. The minimum Gasteiger partial charge on any atom is -0.384 e. The van der Waals surface area contributed by atoms with Gasteiger partial charge in [-0.2, -0.15) is 11.8 Å². The lowest BCUT2D eigenvalue weighted by atomic mass is 10.1. The Hall–Kier alpha value is -0.950. The maximum absolute atomic E-state index is 8.71. The molecule has 0 saturated carbocycles. The van der Waals surface area contributed by atoms with Crippen LogP contribution in [-0.4, -0.2) is 41.2 Å². The zero-order valence-corrected chi connectivity index (χ0v) is 11.4. The van der Waals surface area contributed by atoms with E-state index in [1.807, 2.05) is 12.1 Å². The minimum atomic E-state index is -0.0758. The van der Waals surface area contributed by atoms with Gasteiger partial charge in [0.15, 0.2) is 0 Å². The van der Waals surface area contributed by atoms with Crippen molar-refractivity contribution in [2.45, 2.75) is 13.0 Å². The van der Waals surface area contributed by atoms with Crippen LogP contribution in [0.1, 0.15) is 17.5 Å². The summed E-state index contributed by atoms with van der Waals surface area (Å²) in [5, 5.41) is 8.71. The largest absolute Gasteiger partial charge is 0.384 e. The van der Waals surface area contributed by atoms with Crippen molar-refractivity contribution in [3.8, 4) is 11.8 Å². The minimum absolute atomic E-state index is 0.0758. The fraction of sp³-hybridized carbons (Fsp3) is 0.467. The molecule has 18 heavy (non-hydrogen) atoms. The van der Waals surface area contributed by atoms with Crippen molar-refractivity contribution >= 4 is 11.8 Å². The number of hydrogen-bond donors (Lipinski definition) is 1. The average molecular weight is 261 g/mol. The molecular formula is C15H19NOS. The van der Waals surface area contributed by atoms with Crippen LogP contribution in [0.4, 0.5) is 0 Å². The molecule has 1 aromatic rings. The van der Waals surface area contributed by atoms with Crippen molar-refractivity contribution in [3.63, 3.8) is 0 Å². The van der Waals surface area contributed by atoms with Crippen molar-refractivity contribution in [1.29, 1.82) is 0 Å². The first-order valence-electron chi connectivity index (χ1n) is 6.37. The molecule has 1 saturated heterocycles. The Morgan fingerprint density at radius 3 is 3.11 bits per heavy atom. The third-order valence-corrected chi connectivity index (χ3v) is 4.01. The average Bonchev–Trinajstić information content (AvgIpc) is 2.65. The van der Waals surface area contributed by atoms with Crippen LogP contribution in [0.2, 0.25) is 0 Å². The van der Waals surface area contributed by atoms with Gasteiger partial charge in [-0.3, -0.25) is 4.90 Å². The van der Waals surface area contributed by atoms with E-state index in [1.165, 1.54) is 36.6 Å². The van der Waals surface area contributed by atoms with E-state index in [0.717, 1.165) is 12.1 Å². The highest BCUT2D eigenvalue weighted by Crippen LogP contribution is 2.13. The zero-order valence-electron chi connectivity index (χ0n) is 10.6. The molecule has 3 heteroatoms. The third kappa shape index (κ3) is 4.38. The number of rotatable bonds is 2. The summed E-state index contributed by atoms with van der Waals surface area (Å²) in [6.07, 6.45) is 1.29. The summed E-state index contributed by atoms with van der Waals surface area (Å²) in [5.41, 5.74) is 2.30. The smallest absolute Gasteiger partial charge is 0.104 e. The molecule has 0 radical (unpaired) electrons. The van der Waals surface area contributed by atoms with Gasteiger partial charge < -0.3 is 5.11 Å². The van der Waals surface area contributed by atoms with Crippen LogP contribution >= 0.6 is 11.8 Å². The lowest BCUT2D eigenvalue weighted by Crippen LogP contribution is -2.25. The molecule has 1 aliphatic heterocycles. The van der Waals surface area contributed by atoms with E-state index in [2.05, 4.69) is 40.6 Å². The third-order valence-electron chi connectivity index (χ3n) is 2.96. The van der Waals surface area contributed by atoms with Crippen LogP contribution in [0, 0.1) is 11.8 Å². The number of nitrogens with zero attached hydrogens (tertiary/aromatic N) is 1. The van der Waals surface area contributed by atoms with Gasteiger partial charge in [0.25, 0.3) is 0 Å². The second kappa shape index (κ2) is 7.48. The summed E-state index contributed by atoms with van der Waals surface area (Å²) in [7, 11) is 0. The van der Waals surface area contributed by atoms with Crippen molar-refractivity contribution in [1.82, 2.24) is 4.90 Å². The van der Waals surface area contributed by atoms with Crippen molar-refractivity contribution in [2.75, 3.05) is 31.2 Å². The Balaban J connectivity index is 1.99. The summed E-state index contributed by atoms with van der Waals surface area (Å²) in [5.74, 6) is 8.19. The molecule has 0 amide bonds. The Kier molecular flexibility index (Phi) is 5.60. The molecule has 0 atom stereocenters. The molecule has 2 nitrogen and oxygen atoms in total. The van der Waals surface area contributed by atoms with Crippen molar-refractivity contribution in [2.24, 2.45) is 0 Å². The summed E-state index contributed by atoms with van der Waals surface area (Å²) in [6.45, 7) is 3.31. The molecule has 2 rings (SSSR count). The molecule has 1 aromatic carbocycles. The SMILES string of the molecule is OCC#Cc1cccc(CN2CCCSCC2)c1. The number of aliphatic hydroxyl groups is 1. The van der Waals surface area contributed by atoms with E-state index in [4.69, 9.17) is 5.11 Å². The van der Waals surface area contributed by atoms with E-state index in [-0.39, 0.29) is 6.61 Å². The van der Waals surface area contributed by atoms with Gasteiger partial charge in [0, 0.05) is 24.4 Å². The first kappa shape index (κ1) is 13.5. The van der Waals surface area contributed by atoms with Gasteiger partial charge in [0.05, 0.1) is 0 Å². The maximum Gasteiger partial charge on any atom is 0.104 e. The summed E-state index contributed by atoms with van der Waals surface area (Å²) in [4.78, 5) is 2.51. The van der Waals surface area contributed by atoms with Gasteiger partial charge in [-0.25, -0.2) is 0 Å². The number of aliphatic hydroxyl groups excluding tert-OH is 1. The Morgan fingerprint density at radius 2 is 2.22 bits per heavy atom. The monoisotopic (exact) mass is 261 g/mol. The van der Waals surface area contributed by atoms with Gasteiger partial charge in [-0.15, -0.1) is 0 Å². The molecule has 0 bridgehead atoms. The predicted molar refractivity (Wildman–Crippen MR) is 77.6 cm³/mol. The number of thioether (sulfide) groups is 1. The molecule has 0 aromatic heterocycles. The molecule has 1 fully saturated rings. The number of benzene rings is 1. The van der Waals surface area contributed by atoms with Crippen LogP contribution < -0.4 is 0 Å². The highest BCUT2D eigenvalue weighted by Gasteiger charge is 2.09. The van der Waals surface area contributed by atoms with Crippen LogP contribution in [-0.2, 0) is 6.54 Å². The zero-order chi connectivity index (χ0) is 12.6. The highest BCUT2D eigenvalue weighted by molar-refractivity contribution is 7.99. The van der Waals surface area contributed by atoms with Gasteiger partial charge in [0.1, 0.15) is 6.61 Å². The van der Waals surface area contributed by atoms with E-state index in [9.17, 15) is 0 Å². The van der Waals surface area contributed by atoms with E-state index in [0.29, 0.717) is 0 Å². The van der Waals surface area contributed by atoms with Gasteiger partial charge in [-0.05, 0) is 36.4 Å². The van der Waals surface area contributed by atoms with Crippen LogP contribution in [0.25, 0.3) is 0 Å². The van der Waals surface area contributed by atoms with Crippen LogP contribution in [0.15, 0.2) is 24.3 Å². The fourth-order valence-electron chi connectivity index (χ4n) is 2.10. The topological polar surface area (TPSA) is 23.5 Å².